The third-order valence-electron chi connectivity index (χ3n) is 3.42. The van der Waals surface area contributed by atoms with Gasteiger partial charge in [-0.15, -0.1) is 0 Å². The van der Waals surface area contributed by atoms with E-state index in [1.165, 1.54) is 5.56 Å². The third kappa shape index (κ3) is 8.57. The molecule has 5 heteroatoms. The van der Waals surface area contributed by atoms with Gasteiger partial charge in [-0.25, -0.2) is 4.79 Å². The summed E-state index contributed by atoms with van der Waals surface area (Å²) in [4.78, 5) is 13.8. The van der Waals surface area contributed by atoms with Gasteiger partial charge in [-0.3, -0.25) is 0 Å². The highest BCUT2D eigenvalue weighted by molar-refractivity contribution is 5.68. The fraction of sp³-hybridized carbons (Fsp3) is 0.611. The molecule has 0 bridgehead atoms. The zero-order valence-corrected chi connectivity index (χ0v) is 14.9. The van der Waals surface area contributed by atoms with Gasteiger partial charge in [0.15, 0.2) is 0 Å². The van der Waals surface area contributed by atoms with Gasteiger partial charge in [0.05, 0.1) is 12.1 Å². The second-order valence-corrected chi connectivity index (χ2v) is 7.01. The molecule has 0 aliphatic heterocycles. The molecule has 1 rings (SSSR count). The lowest BCUT2D eigenvalue weighted by Gasteiger charge is -2.25. The summed E-state index contributed by atoms with van der Waals surface area (Å²) in [6.07, 6.45) is -0.525. The van der Waals surface area contributed by atoms with Gasteiger partial charge in [0.1, 0.15) is 5.60 Å². The molecule has 5 nitrogen and oxygen atoms in total. The van der Waals surface area contributed by atoms with E-state index >= 15 is 0 Å². The van der Waals surface area contributed by atoms with Crippen LogP contribution in [0.25, 0.3) is 0 Å². The summed E-state index contributed by atoms with van der Waals surface area (Å²) in [6, 6.07) is 9.85. The molecule has 130 valence electrons. The number of ether oxygens (including phenoxy) is 1. The van der Waals surface area contributed by atoms with E-state index in [1.807, 2.05) is 46.0 Å². The minimum atomic E-state index is -0.610. The van der Waals surface area contributed by atoms with E-state index in [2.05, 4.69) is 22.3 Å². The fourth-order valence-electron chi connectivity index (χ4n) is 2.17. The highest BCUT2D eigenvalue weighted by atomic mass is 16.6. The summed E-state index contributed by atoms with van der Waals surface area (Å²) in [5, 5.41) is 12.9. The smallest absolute Gasteiger partial charge is 0.407 e. The van der Waals surface area contributed by atoms with Gasteiger partial charge in [-0.05, 0) is 46.7 Å². The molecular weight excluding hydrogens is 292 g/mol. The molecule has 2 N–H and O–H groups in total. The second-order valence-electron chi connectivity index (χ2n) is 7.01. The number of aliphatic hydroxyl groups is 1. The van der Waals surface area contributed by atoms with E-state index in [0.717, 1.165) is 13.1 Å². The summed E-state index contributed by atoms with van der Waals surface area (Å²) in [5.41, 5.74) is 0.703. The number of nitrogens with zero attached hydrogens (tertiary/aromatic N) is 1. The molecule has 0 aliphatic rings. The van der Waals surface area contributed by atoms with Gasteiger partial charge < -0.3 is 20.1 Å². The molecule has 2 atom stereocenters. The Bertz CT molecular complexity index is 471. The molecule has 1 aromatic carbocycles. The van der Waals surface area contributed by atoms with E-state index in [-0.39, 0.29) is 6.04 Å². The number of rotatable bonds is 7. The molecule has 0 aliphatic carbocycles. The molecule has 0 radical (unpaired) electrons. The van der Waals surface area contributed by atoms with E-state index in [4.69, 9.17) is 4.74 Å². The van der Waals surface area contributed by atoms with Gasteiger partial charge in [0.2, 0.25) is 0 Å². The van der Waals surface area contributed by atoms with Crippen molar-refractivity contribution in [2.24, 2.45) is 0 Å². The third-order valence-corrected chi connectivity index (χ3v) is 3.42. The number of carbonyl (C=O) groups is 1. The first kappa shape index (κ1) is 19.5. The lowest BCUT2D eigenvalue weighted by Crippen LogP contribution is -2.44. The number of alkyl carbamates (subject to hydrolysis) is 1. The van der Waals surface area contributed by atoms with Crippen molar-refractivity contribution >= 4 is 6.09 Å². The quantitative estimate of drug-likeness (QED) is 0.810. The average molecular weight is 322 g/mol. The van der Waals surface area contributed by atoms with Crippen molar-refractivity contribution in [2.45, 2.75) is 58.4 Å². The molecule has 0 fully saturated rings. The first-order valence-corrected chi connectivity index (χ1v) is 8.07. The van der Waals surface area contributed by atoms with Crippen LogP contribution in [-0.4, -0.2) is 47.4 Å². The van der Waals surface area contributed by atoms with E-state index in [9.17, 15) is 9.90 Å². The van der Waals surface area contributed by atoms with E-state index in [0.29, 0.717) is 6.42 Å². The minimum Gasteiger partial charge on any atom is -0.444 e. The Labute approximate surface area is 139 Å². The topological polar surface area (TPSA) is 61.8 Å². The predicted octanol–water partition coefficient (Wildman–Crippen LogP) is 2.78. The van der Waals surface area contributed by atoms with Crippen LogP contribution in [0.5, 0.6) is 0 Å². The van der Waals surface area contributed by atoms with Crippen molar-refractivity contribution < 1.29 is 14.6 Å². The number of benzene rings is 1. The minimum absolute atomic E-state index is 0.352. The number of carbonyl (C=O) groups excluding carboxylic acids is 1. The maximum atomic E-state index is 11.7. The van der Waals surface area contributed by atoms with Crippen LogP contribution in [-0.2, 0) is 11.3 Å². The molecule has 0 heterocycles. The van der Waals surface area contributed by atoms with Crippen LogP contribution < -0.4 is 5.32 Å². The summed E-state index contributed by atoms with van der Waals surface area (Å²) in [5.74, 6) is 0. The predicted molar refractivity (Wildman–Crippen MR) is 92.2 cm³/mol. The normalized spacial score (nSPS) is 14.4. The van der Waals surface area contributed by atoms with Gasteiger partial charge >= 0.3 is 6.09 Å². The lowest BCUT2D eigenvalue weighted by molar-refractivity contribution is 0.0419. The van der Waals surface area contributed by atoms with Gasteiger partial charge in [0, 0.05) is 13.1 Å². The zero-order chi connectivity index (χ0) is 17.5. The van der Waals surface area contributed by atoms with Crippen LogP contribution in [0.4, 0.5) is 4.79 Å². The highest BCUT2D eigenvalue weighted by Gasteiger charge is 2.21. The van der Waals surface area contributed by atoms with Crippen molar-refractivity contribution in [3.63, 3.8) is 0 Å². The maximum absolute atomic E-state index is 11.7. The Morgan fingerprint density at radius 2 is 1.91 bits per heavy atom. The van der Waals surface area contributed by atoms with Crippen molar-refractivity contribution in [3.8, 4) is 0 Å². The van der Waals surface area contributed by atoms with Gasteiger partial charge in [0.25, 0.3) is 0 Å². The Morgan fingerprint density at radius 1 is 1.30 bits per heavy atom. The molecule has 0 aromatic heterocycles. The highest BCUT2D eigenvalue weighted by Crippen LogP contribution is 2.09. The largest absolute Gasteiger partial charge is 0.444 e. The van der Waals surface area contributed by atoms with E-state index in [1.54, 1.807) is 6.92 Å². The number of hydrogen-bond donors (Lipinski definition) is 2. The molecule has 23 heavy (non-hydrogen) atoms. The molecular formula is C18H30N2O3. The molecule has 0 saturated carbocycles. The molecule has 1 unspecified atom stereocenters. The lowest BCUT2D eigenvalue weighted by atomic mass is 10.1. The summed E-state index contributed by atoms with van der Waals surface area (Å²) in [6.45, 7) is 8.80. The maximum Gasteiger partial charge on any atom is 0.407 e. The van der Waals surface area contributed by atoms with Crippen LogP contribution in [0.3, 0.4) is 0 Å². The Hall–Kier alpha value is -1.59. The molecule has 0 spiro atoms. The molecule has 1 aromatic rings. The Kier molecular flexibility index (Phi) is 7.52. The fourth-order valence-corrected chi connectivity index (χ4v) is 2.17. The SMILES string of the molecule is C[C@H](NC(=O)OC(C)(C)C)C(O)CCN(C)Cc1ccccc1. The van der Waals surface area contributed by atoms with Gasteiger partial charge in [-0.2, -0.15) is 0 Å². The average Bonchev–Trinajstić information content (AvgIpc) is 2.43. The summed E-state index contributed by atoms with van der Waals surface area (Å²) >= 11 is 0. The first-order chi connectivity index (χ1) is 10.7. The summed E-state index contributed by atoms with van der Waals surface area (Å²) < 4.78 is 5.19. The van der Waals surface area contributed by atoms with Crippen LogP contribution in [0.15, 0.2) is 30.3 Å². The monoisotopic (exact) mass is 322 g/mol. The summed E-state index contributed by atoms with van der Waals surface area (Å²) in [7, 11) is 2.02. The van der Waals surface area contributed by atoms with Crippen LogP contribution >= 0.6 is 0 Å². The Morgan fingerprint density at radius 3 is 2.48 bits per heavy atom. The van der Waals surface area contributed by atoms with Crippen molar-refractivity contribution in [3.05, 3.63) is 35.9 Å². The first-order valence-electron chi connectivity index (χ1n) is 8.07. The second kappa shape index (κ2) is 8.89. The standard InChI is InChI=1S/C18H30N2O3/c1-14(19-17(22)23-18(2,3)4)16(21)11-12-20(5)13-15-9-7-6-8-10-15/h6-10,14,16,21H,11-13H2,1-5H3,(H,19,22)/t14-,16?/m0/s1. The van der Waals surface area contributed by atoms with Crippen LogP contribution in [0.1, 0.15) is 39.7 Å². The number of nitrogens with one attached hydrogen (secondary N) is 1. The number of hydrogen-bond acceptors (Lipinski definition) is 4. The number of aliphatic hydroxyl groups excluding tert-OH is 1. The van der Waals surface area contributed by atoms with Crippen molar-refractivity contribution in [1.29, 1.82) is 0 Å². The van der Waals surface area contributed by atoms with Crippen molar-refractivity contribution in [2.75, 3.05) is 13.6 Å². The van der Waals surface area contributed by atoms with Crippen LogP contribution in [0.2, 0.25) is 0 Å². The van der Waals surface area contributed by atoms with Crippen molar-refractivity contribution in [1.82, 2.24) is 10.2 Å². The van der Waals surface area contributed by atoms with E-state index < -0.39 is 17.8 Å². The zero-order valence-electron chi connectivity index (χ0n) is 14.9. The number of amides is 1. The van der Waals surface area contributed by atoms with Gasteiger partial charge in [-0.1, -0.05) is 30.3 Å². The molecule has 0 saturated heterocycles. The molecule has 1 amide bonds. The Balaban J connectivity index is 2.32. The van der Waals surface area contributed by atoms with Crippen LogP contribution in [0, 0.1) is 0 Å².